The Morgan fingerprint density at radius 1 is 1.15 bits per heavy atom. The van der Waals surface area contributed by atoms with Crippen LogP contribution < -0.4 is 0 Å². The average molecular weight is 252 g/mol. The predicted octanol–water partition coefficient (Wildman–Crippen LogP) is 2.67. The van der Waals surface area contributed by atoms with E-state index in [1.807, 2.05) is 14.1 Å². The Morgan fingerprint density at radius 2 is 1.77 bits per heavy atom. The molecule has 0 aromatic rings. The van der Waals surface area contributed by atoms with E-state index in [-0.39, 0.29) is 17.0 Å². The van der Waals surface area contributed by atoms with Gasteiger partial charge in [0.15, 0.2) is 0 Å². The number of rotatable bonds is 7. The summed E-state index contributed by atoms with van der Waals surface area (Å²) >= 11 is 0. The van der Waals surface area contributed by atoms with E-state index >= 15 is 0 Å². The van der Waals surface area contributed by atoms with Gasteiger partial charge in [0.05, 0.1) is 0 Å². The topological polar surface area (TPSA) is 20.3 Å². The highest BCUT2D eigenvalue weighted by Gasteiger charge is 2.01. The molecule has 0 aliphatic carbocycles. The van der Waals surface area contributed by atoms with Gasteiger partial charge < -0.3 is 4.90 Å². The molecule has 0 aromatic heterocycles. The van der Waals surface area contributed by atoms with Crippen LogP contribution in [-0.4, -0.2) is 31.3 Å². The number of hydrogen-bond acceptors (Lipinski definition) is 2. The molecule has 2 nitrogen and oxygen atoms in total. The maximum Gasteiger partial charge on any atom is 0.134 e. The van der Waals surface area contributed by atoms with Crippen molar-refractivity contribution in [3.63, 3.8) is 0 Å². The zero-order valence-corrected chi connectivity index (χ0v) is 10.7. The van der Waals surface area contributed by atoms with E-state index in [4.69, 9.17) is 0 Å². The van der Waals surface area contributed by atoms with Crippen molar-refractivity contribution in [3.05, 3.63) is 0 Å². The van der Waals surface area contributed by atoms with Gasteiger partial charge >= 0.3 is 0 Å². The fourth-order valence-corrected chi connectivity index (χ4v) is 1.05. The van der Waals surface area contributed by atoms with Crippen molar-refractivity contribution >= 4 is 22.8 Å². The second kappa shape index (κ2) is 10.2. The fraction of sp³-hybridized carbons (Fsp3) is 0.900. The Balaban J connectivity index is 0. The number of hydrogen-bond donors (Lipinski definition) is 0. The minimum absolute atomic E-state index is 0. The van der Waals surface area contributed by atoms with Crippen LogP contribution in [0.1, 0.15) is 39.0 Å². The molecule has 0 spiro atoms. The van der Waals surface area contributed by atoms with Crippen LogP contribution in [0.5, 0.6) is 0 Å². The summed E-state index contributed by atoms with van der Waals surface area (Å²) in [6.07, 6.45) is 4.95. The van der Waals surface area contributed by atoms with Crippen LogP contribution in [0.15, 0.2) is 0 Å². The quantitative estimate of drug-likeness (QED) is 0.649. The van der Waals surface area contributed by atoms with Crippen LogP contribution in [0, 0.1) is 0 Å². The van der Waals surface area contributed by atoms with Gasteiger partial charge in [-0.25, -0.2) is 0 Å². The molecule has 0 unspecified atom stereocenters. The highest BCUT2D eigenvalue weighted by atomic mass is 79.9. The Hall–Kier alpha value is 0.110. The van der Waals surface area contributed by atoms with Crippen LogP contribution in [0.25, 0.3) is 0 Å². The minimum Gasteiger partial charge on any atom is -0.309 e. The van der Waals surface area contributed by atoms with Crippen molar-refractivity contribution in [2.75, 3.05) is 20.6 Å². The van der Waals surface area contributed by atoms with Crippen LogP contribution >= 0.6 is 17.0 Å². The maximum atomic E-state index is 11.2. The maximum absolute atomic E-state index is 11.2. The largest absolute Gasteiger partial charge is 0.309 e. The van der Waals surface area contributed by atoms with E-state index in [2.05, 4.69) is 11.8 Å². The molecule has 0 fully saturated rings. The molecular weight excluding hydrogens is 230 g/mol. The molecule has 0 heterocycles. The van der Waals surface area contributed by atoms with Crippen LogP contribution in [-0.2, 0) is 4.79 Å². The van der Waals surface area contributed by atoms with Gasteiger partial charge in [0.25, 0.3) is 0 Å². The van der Waals surface area contributed by atoms with Crippen molar-refractivity contribution in [1.29, 1.82) is 0 Å². The summed E-state index contributed by atoms with van der Waals surface area (Å²) in [5.41, 5.74) is 0. The van der Waals surface area contributed by atoms with Gasteiger partial charge in [0, 0.05) is 19.4 Å². The minimum atomic E-state index is 0. The van der Waals surface area contributed by atoms with Crippen LogP contribution in [0.3, 0.4) is 0 Å². The molecule has 0 saturated heterocycles. The number of halogens is 1. The molecule has 0 radical (unpaired) electrons. The first kappa shape index (κ1) is 15.6. The zero-order chi connectivity index (χ0) is 9.40. The molecular formula is C10H22BrNO. The van der Waals surface area contributed by atoms with E-state index in [9.17, 15) is 4.79 Å². The smallest absolute Gasteiger partial charge is 0.134 e. The molecule has 0 N–H and O–H groups in total. The Kier molecular flexibility index (Phi) is 12.2. The number of carbonyl (C=O) groups is 1. The molecule has 80 valence electrons. The number of ketones is 1. The average Bonchev–Trinajstić information content (AvgIpc) is 2.01. The second-order valence-corrected chi connectivity index (χ2v) is 3.55. The van der Waals surface area contributed by atoms with Gasteiger partial charge in [0.2, 0.25) is 0 Å². The monoisotopic (exact) mass is 251 g/mol. The van der Waals surface area contributed by atoms with Gasteiger partial charge in [-0.3, -0.25) is 4.79 Å². The SMILES string of the molecule is Br.CCCCCC(=O)CCN(C)C. The summed E-state index contributed by atoms with van der Waals surface area (Å²) in [7, 11) is 4.00. The van der Waals surface area contributed by atoms with Crippen LogP contribution in [0.4, 0.5) is 0 Å². The number of nitrogens with zero attached hydrogens (tertiary/aromatic N) is 1. The number of unbranched alkanes of at least 4 members (excludes halogenated alkanes) is 2. The van der Waals surface area contributed by atoms with E-state index in [0.29, 0.717) is 5.78 Å². The standard InChI is InChI=1S/C10H21NO.BrH/c1-4-5-6-7-10(12)8-9-11(2)3;/h4-9H2,1-3H3;1H. The number of carbonyl (C=O) groups excluding carboxylic acids is 1. The molecule has 0 atom stereocenters. The summed E-state index contributed by atoms with van der Waals surface area (Å²) in [5, 5.41) is 0. The third-order valence-corrected chi connectivity index (χ3v) is 1.90. The van der Waals surface area contributed by atoms with Crippen molar-refractivity contribution < 1.29 is 4.79 Å². The molecule has 0 aliphatic heterocycles. The summed E-state index contributed by atoms with van der Waals surface area (Å²) < 4.78 is 0. The molecule has 0 rings (SSSR count). The lowest BCUT2D eigenvalue weighted by molar-refractivity contribution is -0.119. The summed E-state index contributed by atoms with van der Waals surface area (Å²) in [6.45, 7) is 3.05. The van der Waals surface area contributed by atoms with Crippen molar-refractivity contribution in [2.45, 2.75) is 39.0 Å². The Morgan fingerprint density at radius 3 is 2.23 bits per heavy atom. The molecule has 0 amide bonds. The molecule has 0 bridgehead atoms. The zero-order valence-electron chi connectivity index (χ0n) is 9.01. The molecule has 0 aromatic carbocycles. The van der Waals surface area contributed by atoms with Crippen molar-refractivity contribution in [2.24, 2.45) is 0 Å². The second-order valence-electron chi connectivity index (χ2n) is 3.55. The summed E-state index contributed by atoms with van der Waals surface area (Å²) in [6, 6.07) is 0. The first-order chi connectivity index (χ1) is 5.66. The van der Waals surface area contributed by atoms with Gasteiger partial charge in [-0.1, -0.05) is 19.8 Å². The Bertz CT molecular complexity index is 126. The fourth-order valence-electron chi connectivity index (χ4n) is 1.05. The third kappa shape index (κ3) is 12.1. The lowest BCUT2D eigenvalue weighted by Gasteiger charge is -2.07. The highest BCUT2D eigenvalue weighted by molar-refractivity contribution is 8.93. The molecule has 13 heavy (non-hydrogen) atoms. The molecule has 0 saturated carbocycles. The summed E-state index contributed by atoms with van der Waals surface area (Å²) in [4.78, 5) is 13.2. The van der Waals surface area contributed by atoms with Gasteiger partial charge in [-0.2, -0.15) is 0 Å². The Labute approximate surface area is 92.5 Å². The third-order valence-electron chi connectivity index (χ3n) is 1.90. The first-order valence-corrected chi connectivity index (χ1v) is 4.83. The highest BCUT2D eigenvalue weighted by Crippen LogP contribution is 2.01. The van der Waals surface area contributed by atoms with Crippen molar-refractivity contribution in [1.82, 2.24) is 4.90 Å². The lowest BCUT2D eigenvalue weighted by Crippen LogP contribution is -2.16. The lowest BCUT2D eigenvalue weighted by atomic mass is 10.1. The van der Waals surface area contributed by atoms with Gasteiger partial charge in [-0.05, 0) is 20.5 Å². The molecule has 0 aliphatic rings. The summed E-state index contributed by atoms with van der Waals surface area (Å²) in [5.74, 6) is 0.414. The van der Waals surface area contributed by atoms with E-state index in [1.165, 1.54) is 12.8 Å². The molecule has 3 heteroatoms. The number of Topliss-reactive ketones (excluding diaryl/α,β-unsaturated/α-hetero) is 1. The van der Waals surface area contributed by atoms with Gasteiger partial charge in [-0.15, -0.1) is 17.0 Å². The predicted molar refractivity (Wildman–Crippen MR) is 62.6 cm³/mol. The van der Waals surface area contributed by atoms with Crippen LogP contribution in [0.2, 0.25) is 0 Å². The van der Waals surface area contributed by atoms with E-state index in [0.717, 1.165) is 25.8 Å². The van der Waals surface area contributed by atoms with Gasteiger partial charge in [0.1, 0.15) is 5.78 Å². The first-order valence-electron chi connectivity index (χ1n) is 4.83. The van der Waals surface area contributed by atoms with E-state index < -0.39 is 0 Å². The van der Waals surface area contributed by atoms with Crippen molar-refractivity contribution in [3.8, 4) is 0 Å². The van der Waals surface area contributed by atoms with E-state index in [1.54, 1.807) is 0 Å². The normalized spacial score (nSPS) is 9.85.